The second-order valence-corrected chi connectivity index (χ2v) is 20.9. The highest BCUT2D eigenvalue weighted by Crippen LogP contribution is 2.43. The normalized spacial score (nSPS) is 18.4. The standard InChI is InChI=1S/C54H73ClN10O6S/c1-36-31-45(66)50-49(36)52(60-34-59-50)63-27-29-64(30-28-63)54(71)43(40-19-21-42(55)22-20-40)32-56-25-23-47(68)57-24-11-9-7-5-4-6-8-10-14-46(67)58-33-48(69)65-26-12-13-44(65)53(70)62-37(2)39-15-17-41(18-16-39)51-38(3)61-35-72-51/h15-22,34-37,43-45,56,66H,4-14,23-33H2,1-3H3,(H,57,68)(H,58,67)(H,62,70)/t36-,37+,43-,44+,45-/m1/s1. The van der Waals surface area contributed by atoms with E-state index in [0.717, 1.165) is 96.4 Å². The van der Waals surface area contributed by atoms with Gasteiger partial charge < -0.3 is 41.1 Å². The summed E-state index contributed by atoms with van der Waals surface area (Å²) in [5, 5.41) is 23.3. The monoisotopic (exact) mass is 1020 g/mol. The molecule has 2 saturated heterocycles. The molecule has 16 nitrogen and oxygen atoms in total. The molecule has 0 saturated carbocycles. The number of piperazine rings is 1. The Labute approximate surface area is 433 Å². The minimum atomic E-state index is -0.571. The van der Waals surface area contributed by atoms with Crippen LogP contribution in [0, 0.1) is 6.92 Å². The third-order valence-corrected chi connectivity index (χ3v) is 15.6. The molecule has 0 unspecified atom stereocenters. The molecular formula is C54H73ClN10O6S. The smallest absolute Gasteiger partial charge is 0.243 e. The molecule has 0 bridgehead atoms. The van der Waals surface area contributed by atoms with Crippen molar-refractivity contribution in [2.75, 3.05) is 63.8 Å². The van der Waals surface area contributed by atoms with Gasteiger partial charge in [0.25, 0.3) is 0 Å². The first-order valence-electron chi connectivity index (χ1n) is 26.0. The Bertz CT molecular complexity index is 2430. The Morgan fingerprint density at radius 2 is 1.49 bits per heavy atom. The number of hydrogen-bond donors (Lipinski definition) is 5. The molecule has 18 heteroatoms. The molecule has 388 valence electrons. The highest BCUT2D eigenvalue weighted by atomic mass is 35.5. The van der Waals surface area contributed by atoms with Crippen molar-refractivity contribution in [2.45, 2.75) is 134 Å². The molecular weight excluding hydrogens is 952 g/mol. The fourth-order valence-corrected chi connectivity index (χ4v) is 11.1. The molecule has 0 radical (unpaired) electrons. The number of nitrogens with one attached hydrogen (secondary N) is 4. The first-order chi connectivity index (χ1) is 34.9. The van der Waals surface area contributed by atoms with Crippen molar-refractivity contribution in [2.24, 2.45) is 0 Å². The van der Waals surface area contributed by atoms with Gasteiger partial charge >= 0.3 is 0 Å². The molecule has 2 aromatic heterocycles. The average molecular weight is 1030 g/mol. The second-order valence-electron chi connectivity index (χ2n) is 19.6. The number of carbonyl (C=O) groups is 5. The number of aliphatic hydroxyl groups excluding tert-OH is 1. The van der Waals surface area contributed by atoms with E-state index in [1.807, 2.05) is 60.7 Å². The number of likely N-dealkylation sites (tertiary alicyclic amines) is 1. The van der Waals surface area contributed by atoms with Crippen molar-refractivity contribution >= 4 is 58.3 Å². The zero-order chi connectivity index (χ0) is 51.0. The Balaban J connectivity index is 0.697. The van der Waals surface area contributed by atoms with E-state index in [1.165, 1.54) is 6.33 Å². The number of hydrogen-bond acceptors (Lipinski definition) is 12. The zero-order valence-electron chi connectivity index (χ0n) is 42.2. The number of benzene rings is 2. The molecule has 2 aromatic carbocycles. The van der Waals surface area contributed by atoms with E-state index in [9.17, 15) is 29.1 Å². The van der Waals surface area contributed by atoms with Crippen molar-refractivity contribution in [3.63, 3.8) is 0 Å². The van der Waals surface area contributed by atoms with Crippen LogP contribution in [0.15, 0.2) is 60.4 Å². The zero-order valence-corrected chi connectivity index (χ0v) is 43.7. The molecule has 0 spiro atoms. The molecule has 1 aliphatic carbocycles. The largest absolute Gasteiger partial charge is 0.387 e. The third kappa shape index (κ3) is 14.8. The van der Waals surface area contributed by atoms with Gasteiger partial charge in [0.1, 0.15) is 18.2 Å². The second kappa shape index (κ2) is 27.0. The van der Waals surface area contributed by atoms with Crippen molar-refractivity contribution in [1.82, 2.24) is 46.0 Å². The quantitative estimate of drug-likeness (QED) is 0.0423. The Morgan fingerprint density at radius 3 is 2.19 bits per heavy atom. The van der Waals surface area contributed by atoms with Crippen molar-refractivity contribution in [1.29, 1.82) is 0 Å². The first-order valence-corrected chi connectivity index (χ1v) is 27.3. The summed E-state index contributed by atoms with van der Waals surface area (Å²) in [7, 11) is 0. The van der Waals surface area contributed by atoms with Gasteiger partial charge in [0.05, 0.1) is 46.4 Å². The van der Waals surface area contributed by atoms with Gasteiger partial charge in [0.15, 0.2) is 0 Å². The molecule has 2 aliphatic heterocycles. The van der Waals surface area contributed by atoms with Crippen LogP contribution < -0.4 is 26.2 Å². The van der Waals surface area contributed by atoms with Gasteiger partial charge in [-0.2, -0.15) is 0 Å². The number of nitrogens with zero attached hydrogens (tertiary/aromatic N) is 6. The lowest BCUT2D eigenvalue weighted by Crippen LogP contribution is -2.51. The van der Waals surface area contributed by atoms with Crippen molar-refractivity contribution < 1.29 is 29.1 Å². The highest BCUT2D eigenvalue weighted by Gasteiger charge is 2.36. The van der Waals surface area contributed by atoms with Gasteiger partial charge in [-0.1, -0.05) is 93.4 Å². The lowest BCUT2D eigenvalue weighted by molar-refractivity contribution is -0.139. The Kier molecular flexibility index (Phi) is 20.3. The highest BCUT2D eigenvalue weighted by molar-refractivity contribution is 7.13. The summed E-state index contributed by atoms with van der Waals surface area (Å²) in [4.78, 5) is 85.7. The van der Waals surface area contributed by atoms with Crippen LogP contribution in [0.4, 0.5) is 5.82 Å². The van der Waals surface area contributed by atoms with Gasteiger partial charge in [0, 0.05) is 75.8 Å². The maximum absolute atomic E-state index is 14.0. The molecule has 5 N–H and O–H groups in total. The SMILES string of the molecule is Cc1ncsc1-c1ccc([C@H](C)NC(=O)[C@@H]2CCCN2C(=O)CNC(=O)CCCCCCCCCCNC(=O)CCNC[C@@H](C(=O)N2CCN(c3ncnc4c3[C@H](C)C[C@H]4O)CC2)c2ccc(Cl)cc2)cc1. The van der Waals surface area contributed by atoms with E-state index in [1.54, 1.807) is 28.4 Å². The number of aryl methyl sites for hydroxylation is 1. The minimum Gasteiger partial charge on any atom is -0.387 e. The maximum atomic E-state index is 14.0. The van der Waals surface area contributed by atoms with E-state index < -0.39 is 18.1 Å². The van der Waals surface area contributed by atoms with Gasteiger partial charge in [0.2, 0.25) is 29.5 Å². The molecule has 4 heterocycles. The van der Waals surface area contributed by atoms with E-state index >= 15 is 0 Å². The van der Waals surface area contributed by atoms with E-state index in [4.69, 9.17) is 11.6 Å². The lowest BCUT2D eigenvalue weighted by Gasteiger charge is -2.38. The number of fused-ring (bicyclic) bond motifs is 1. The molecule has 3 aliphatic rings. The number of carbonyl (C=O) groups excluding carboxylic acids is 5. The summed E-state index contributed by atoms with van der Waals surface area (Å²) >= 11 is 7.80. The average Bonchev–Trinajstić information content (AvgIpc) is 4.14. The van der Waals surface area contributed by atoms with E-state index in [-0.39, 0.29) is 48.0 Å². The van der Waals surface area contributed by atoms with E-state index in [2.05, 4.69) is 48.0 Å². The van der Waals surface area contributed by atoms with Crippen LogP contribution in [0.3, 0.4) is 0 Å². The maximum Gasteiger partial charge on any atom is 0.243 e. The summed E-state index contributed by atoms with van der Waals surface area (Å²) in [5.41, 5.74) is 7.50. The third-order valence-electron chi connectivity index (χ3n) is 14.4. The number of halogens is 1. The van der Waals surface area contributed by atoms with Crippen molar-refractivity contribution in [3.05, 3.63) is 93.5 Å². The number of rotatable bonds is 25. The summed E-state index contributed by atoms with van der Waals surface area (Å²) < 4.78 is 0. The summed E-state index contributed by atoms with van der Waals surface area (Å²) in [6, 6.07) is 14.7. The van der Waals surface area contributed by atoms with Crippen LogP contribution in [0.25, 0.3) is 10.4 Å². The van der Waals surface area contributed by atoms with Gasteiger partial charge in [-0.15, -0.1) is 11.3 Å². The van der Waals surface area contributed by atoms with E-state index in [0.29, 0.717) is 88.8 Å². The predicted molar refractivity (Wildman–Crippen MR) is 282 cm³/mol. The number of anilines is 1. The Hall–Kier alpha value is -5.49. The van der Waals surface area contributed by atoms with Crippen LogP contribution in [0.1, 0.15) is 149 Å². The topological polar surface area (TPSA) is 202 Å². The fraction of sp³-hybridized carbons (Fsp3) is 0.556. The first kappa shape index (κ1) is 54.3. The molecule has 2 fully saturated rings. The predicted octanol–water partition coefficient (Wildman–Crippen LogP) is 7.13. The van der Waals surface area contributed by atoms with Crippen LogP contribution in [0.2, 0.25) is 5.02 Å². The van der Waals surface area contributed by atoms with Crippen molar-refractivity contribution in [3.8, 4) is 10.4 Å². The molecule has 5 atom stereocenters. The Morgan fingerprint density at radius 1 is 0.806 bits per heavy atom. The number of unbranched alkanes of at least 4 members (excludes halogenated alkanes) is 7. The molecule has 7 rings (SSSR count). The van der Waals surface area contributed by atoms with Crippen LogP contribution in [-0.4, -0.2) is 124 Å². The van der Waals surface area contributed by atoms with Crippen LogP contribution in [-0.2, 0) is 24.0 Å². The fourth-order valence-electron chi connectivity index (χ4n) is 10.2. The number of aliphatic hydroxyl groups is 1. The molecule has 4 aromatic rings. The molecule has 72 heavy (non-hydrogen) atoms. The summed E-state index contributed by atoms with van der Waals surface area (Å²) in [6.45, 7) is 10.2. The minimum absolute atomic E-state index is 0.0196. The van der Waals surface area contributed by atoms with Gasteiger partial charge in [-0.3, -0.25) is 24.0 Å². The summed E-state index contributed by atoms with van der Waals surface area (Å²) in [6.07, 6.45) is 11.5. The van der Waals surface area contributed by atoms with Gasteiger partial charge in [-0.25, -0.2) is 15.0 Å². The number of thiazole rings is 1. The summed E-state index contributed by atoms with van der Waals surface area (Å²) in [5.74, 6) is 0.0440. The number of amides is 5. The van der Waals surface area contributed by atoms with Gasteiger partial charge in [-0.05, 0) is 80.7 Å². The lowest BCUT2D eigenvalue weighted by atomic mass is 9.97. The molecule has 5 amide bonds. The van der Waals surface area contributed by atoms with Crippen LogP contribution >= 0.6 is 22.9 Å². The number of aromatic nitrogens is 3. The van der Waals surface area contributed by atoms with Crippen LogP contribution in [0.5, 0.6) is 0 Å².